The zero-order valence-corrected chi connectivity index (χ0v) is 19.1. The van der Waals surface area contributed by atoms with Gasteiger partial charge in [0.05, 0.1) is 34.8 Å². The largest absolute Gasteiger partial charge is 0.507 e. The topological polar surface area (TPSA) is 95.5 Å². The summed E-state index contributed by atoms with van der Waals surface area (Å²) in [5, 5.41) is 11.6. The second-order valence-electron chi connectivity index (χ2n) is 8.01. The van der Waals surface area contributed by atoms with Crippen molar-refractivity contribution in [2.75, 3.05) is 12.0 Å². The van der Waals surface area contributed by atoms with Crippen LogP contribution in [-0.2, 0) is 9.59 Å². The SMILES string of the molecule is COc1cc(/C(O)=C2\C(=O)C(=O)N(c3nc4ccccc4[nH]3)C2c2cccc(C)c2)ccc1Cl. The van der Waals surface area contributed by atoms with Gasteiger partial charge in [0, 0.05) is 5.56 Å². The number of aliphatic hydroxyl groups is 1. The number of ether oxygens (including phenoxy) is 1. The lowest BCUT2D eigenvalue weighted by atomic mass is 9.94. The number of Topliss-reactive ketones (excluding diaryl/α,β-unsaturated/α-hetero) is 1. The molecule has 1 amide bonds. The van der Waals surface area contributed by atoms with Crippen molar-refractivity contribution in [1.29, 1.82) is 0 Å². The predicted octanol–water partition coefficient (Wildman–Crippen LogP) is 5.16. The maximum absolute atomic E-state index is 13.3. The third-order valence-corrected chi connectivity index (χ3v) is 6.14. The van der Waals surface area contributed by atoms with Crippen molar-refractivity contribution in [1.82, 2.24) is 9.97 Å². The van der Waals surface area contributed by atoms with Gasteiger partial charge in [0.1, 0.15) is 11.5 Å². The summed E-state index contributed by atoms with van der Waals surface area (Å²) >= 11 is 6.13. The molecular formula is C26H20ClN3O4. The summed E-state index contributed by atoms with van der Waals surface area (Å²) in [5.74, 6) is -1.35. The molecule has 7 nitrogen and oxygen atoms in total. The van der Waals surface area contributed by atoms with Crippen LogP contribution in [0.1, 0.15) is 22.7 Å². The van der Waals surface area contributed by atoms with E-state index in [1.54, 1.807) is 12.1 Å². The first-order valence-electron chi connectivity index (χ1n) is 10.5. The lowest BCUT2D eigenvalue weighted by Gasteiger charge is -2.23. The monoisotopic (exact) mass is 473 g/mol. The molecule has 4 aromatic rings. The number of para-hydroxylation sites is 2. The molecule has 0 aliphatic carbocycles. The van der Waals surface area contributed by atoms with E-state index in [0.29, 0.717) is 27.4 Å². The number of aryl methyl sites for hydroxylation is 1. The number of methoxy groups -OCH3 is 1. The molecule has 170 valence electrons. The number of aliphatic hydroxyl groups excluding tert-OH is 1. The summed E-state index contributed by atoms with van der Waals surface area (Å²) in [6, 6.07) is 18.6. The number of halogens is 1. The van der Waals surface area contributed by atoms with Crippen molar-refractivity contribution >= 4 is 46.0 Å². The van der Waals surface area contributed by atoms with Crippen LogP contribution in [0.15, 0.2) is 72.3 Å². The summed E-state index contributed by atoms with van der Waals surface area (Å²) in [5.41, 5.74) is 3.26. The zero-order valence-electron chi connectivity index (χ0n) is 18.4. The van der Waals surface area contributed by atoms with E-state index in [-0.39, 0.29) is 17.3 Å². The van der Waals surface area contributed by atoms with Gasteiger partial charge in [-0.05, 0) is 42.8 Å². The van der Waals surface area contributed by atoms with Crippen molar-refractivity contribution in [3.63, 3.8) is 0 Å². The Morgan fingerprint density at radius 1 is 1.09 bits per heavy atom. The molecule has 34 heavy (non-hydrogen) atoms. The Labute approximate surface area is 200 Å². The number of hydrogen-bond acceptors (Lipinski definition) is 5. The van der Waals surface area contributed by atoms with Gasteiger partial charge in [-0.2, -0.15) is 0 Å². The van der Waals surface area contributed by atoms with Gasteiger partial charge in [0.25, 0.3) is 5.78 Å². The lowest BCUT2D eigenvalue weighted by molar-refractivity contribution is -0.132. The average Bonchev–Trinajstić information content (AvgIpc) is 3.37. The van der Waals surface area contributed by atoms with E-state index in [9.17, 15) is 14.7 Å². The molecule has 1 fully saturated rings. The highest BCUT2D eigenvalue weighted by Crippen LogP contribution is 2.42. The second kappa shape index (κ2) is 8.35. The number of ketones is 1. The number of fused-ring (bicyclic) bond motifs is 1. The Bertz CT molecular complexity index is 1460. The highest BCUT2D eigenvalue weighted by Gasteiger charge is 2.48. The van der Waals surface area contributed by atoms with Crippen LogP contribution in [0.3, 0.4) is 0 Å². The van der Waals surface area contributed by atoms with Gasteiger partial charge in [-0.1, -0.05) is 53.6 Å². The van der Waals surface area contributed by atoms with E-state index in [0.717, 1.165) is 11.1 Å². The average molecular weight is 474 g/mol. The molecule has 1 saturated heterocycles. The number of carbonyl (C=O) groups excluding carboxylic acids is 2. The van der Waals surface area contributed by atoms with Crippen LogP contribution in [-0.4, -0.2) is 33.9 Å². The maximum atomic E-state index is 13.3. The molecule has 1 aliphatic rings. The molecule has 8 heteroatoms. The Balaban J connectivity index is 1.74. The zero-order chi connectivity index (χ0) is 24.0. The van der Waals surface area contributed by atoms with E-state index < -0.39 is 17.7 Å². The summed E-state index contributed by atoms with van der Waals surface area (Å²) in [6.45, 7) is 1.92. The van der Waals surface area contributed by atoms with Crippen molar-refractivity contribution in [3.8, 4) is 5.75 Å². The summed E-state index contributed by atoms with van der Waals surface area (Å²) in [6.07, 6.45) is 0. The van der Waals surface area contributed by atoms with Crippen LogP contribution in [0, 0.1) is 6.92 Å². The van der Waals surface area contributed by atoms with E-state index >= 15 is 0 Å². The number of rotatable bonds is 4. The number of carbonyl (C=O) groups is 2. The molecule has 3 aromatic carbocycles. The minimum atomic E-state index is -0.887. The van der Waals surface area contributed by atoms with Crippen LogP contribution in [0.25, 0.3) is 16.8 Å². The number of imidazole rings is 1. The molecule has 1 aromatic heterocycles. The van der Waals surface area contributed by atoms with Gasteiger partial charge < -0.3 is 14.8 Å². The Hall–Kier alpha value is -4.10. The smallest absolute Gasteiger partial charge is 0.302 e. The van der Waals surface area contributed by atoms with E-state index in [2.05, 4.69) is 9.97 Å². The predicted molar refractivity (Wildman–Crippen MR) is 130 cm³/mol. The number of nitrogens with zero attached hydrogens (tertiary/aromatic N) is 2. The van der Waals surface area contributed by atoms with Crippen LogP contribution in [0.5, 0.6) is 5.75 Å². The standard InChI is InChI=1S/C26H20ClN3O4/c1-14-6-5-7-15(12-14)22-21(23(31)16-10-11-17(27)20(13-16)34-2)24(32)25(33)30(22)26-28-18-8-3-4-9-19(18)29-26/h3-13,22,31H,1-2H3,(H,28,29)/b23-21+. The summed E-state index contributed by atoms with van der Waals surface area (Å²) in [4.78, 5) is 35.6. The molecule has 1 aliphatic heterocycles. The van der Waals surface area contributed by atoms with Crippen molar-refractivity contribution < 1.29 is 19.4 Å². The van der Waals surface area contributed by atoms with Crippen LogP contribution < -0.4 is 9.64 Å². The Kier molecular flexibility index (Phi) is 5.34. The molecule has 0 spiro atoms. The van der Waals surface area contributed by atoms with Crippen LogP contribution >= 0.6 is 11.6 Å². The van der Waals surface area contributed by atoms with Gasteiger partial charge in [0.15, 0.2) is 0 Å². The number of anilines is 1. The van der Waals surface area contributed by atoms with E-state index in [4.69, 9.17) is 16.3 Å². The number of nitrogens with one attached hydrogen (secondary N) is 1. The number of amides is 1. The number of aromatic nitrogens is 2. The lowest BCUT2D eigenvalue weighted by Crippen LogP contribution is -2.30. The molecule has 2 heterocycles. The number of aromatic amines is 1. The van der Waals surface area contributed by atoms with Gasteiger partial charge in [-0.3, -0.25) is 14.5 Å². The Morgan fingerprint density at radius 3 is 2.62 bits per heavy atom. The van der Waals surface area contributed by atoms with Gasteiger partial charge in [0.2, 0.25) is 5.95 Å². The third-order valence-electron chi connectivity index (χ3n) is 5.83. The molecule has 5 rings (SSSR count). The molecule has 1 atom stereocenters. The van der Waals surface area contributed by atoms with Crippen molar-refractivity contribution in [2.45, 2.75) is 13.0 Å². The van der Waals surface area contributed by atoms with Crippen LogP contribution in [0.2, 0.25) is 5.02 Å². The fourth-order valence-electron chi connectivity index (χ4n) is 4.22. The van der Waals surface area contributed by atoms with Crippen LogP contribution in [0.4, 0.5) is 5.95 Å². The first-order chi connectivity index (χ1) is 16.4. The third kappa shape index (κ3) is 3.50. The fraction of sp³-hybridized carbons (Fsp3) is 0.115. The van der Waals surface area contributed by atoms with E-state index in [1.165, 1.54) is 18.1 Å². The summed E-state index contributed by atoms with van der Waals surface area (Å²) < 4.78 is 5.25. The highest BCUT2D eigenvalue weighted by atomic mass is 35.5. The van der Waals surface area contributed by atoms with Gasteiger partial charge >= 0.3 is 5.91 Å². The molecule has 2 N–H and O–H groups in total. The first-order valence-corrected chi connectivity index (χ1v) is 10.9. The molecule has 1 unspecified atom stereocenters. The first kappa shape index (κ1) is 21.7. The van der Waals surface area contributed by atoms with Crippen molar-refractivity contribution in [3.05, 3.63) is 94.0 Å². The fourth-order valence-corrected chi connectivity index (χ4v) is 4.42. The number of H-pyrrole nitrogens is 1. The van der Waals surface area contributed by atoms with Gasteiger partial charge in [-0.15, -0.1) is 0 Å². The minimum Gasteiger partial charge on any atom is -0.507 e. The molecule has 0 radical (unpaired) electrons. The van der Waals surface area contributed by atoms with Crippen molar-refractivity contribution in [2.24, 2.45) is 0 Å². The number of benzene rings is 3. The molecule has 0 saturated carbocycles. The van der Waals surface area contributed by atoms with E-state index in [1.807, 2.05) is 55.5 Å². The normalized spacial score (nSPS) is 17.5. The Morgan fingerprint density at radius 2 is 1.88 bits per heavy atom. The highest BCUT2D eigenvalue weighted by molar-refractivity contribution is 6.51. The molecule has 0 bridgehead atoms. The van der Waals surface area contributed by atoms with Gasteiger partial charge in [-0.25, -0.2) is 4.98 Å². The minimum absolute atomic E-state index is 0.0413. The quantitative estimate of drug-likeness (QED) is 0.242. The summed E-state index contributed by atoms with van der Waals surface area (Å²) in [7, 11) is 1.46. The number of hydrogen-bond donors (Lipinski definition) is 2. The maximum Gasteiger partial charge on any atom is 0.302 e. The second-order valence-corrected chi connectivity index (χ2v) is 8.42. The molecular weight excluding hydrogens is 454 g/mol.